The predicted molar refractivity (Wildman–Crippen MR) is 112 cm³/mol. The Morgan fingerprint density at radius 1 is 1.10 bits per heavy atom. The number of nitrogens with one attached hydrogen (secondary N) is 1. The number of sulfonamides is 1. The molecule has 1 amide bonds. The van der Waals surface area contributed by atoms with E-state index in [1.165, 1.54) is 13.4 Å². The van der Waals surface area contributed by atoms with Gasteiger partial charge in [0.15, 0.2) is 0 Å². The van der Waals surface area contributed by atoms with Gasteiger partial charge in [0, 0.05) is 6.54 Å². The molecule has 1 heterocycles. The van der Waals surface area contributed by atoms with E-state index in [2.05, 4.69) is 5.32 Å². The molecule has 0 atom stereocenters. The molecule has 0 aliphatic carbocycles. The van der Waals surface area contributed by atoms with E-state index in [1.54, 1.807) is 37.3 Å². The Labute approximate surface area is 176 Å². The summed E-state index contributed by atoms with van der Waals surface area (Å²) in [6.07, 6.45) is 1.51. The third kappa shape index (κ3) is 5.28. The van der Waals surface area contributed by atoms with Gasteiger partial charge in [0.1, 0.15) is 16.4 Å². The van der Waals surface area contributed by atoms with E-state index >= 15 is 0 Å². The molecular weight excluding hydrogens is 404 g/mol. The third-order valence-electron chi connectivity index (χ3n) is 4.50. The van der Waals surface area contributed by atoms with Crippen molar-refractivity contribution in [1.29, 1.82) is 0 Å². The van der Waals surface area contributed by atoms with Gasteiger partial charge in [-0.05, 0) is 42.3 Å². The van der Waals surface area contributed by atoms with E-state index in [-0.39, 0.29) is 30.3 Å². The first-order valence-corrected chi connectivity index (χ1v) is 10.8. The van der Waals surface area contributed by atoms with Crippen LogP contribution >= 0.6 is 0 Å². The normalized spacial score (nSPS) is 11.4. The summed E-state index contributed by atoms with van der Waals surface area (Å²) < 4.78 is 38.6. The predicted octanol–water partition coefficient (Wildman–Crippen LogP) is 3.10. The van der Waals surface area contributed by atoms with Crippen LogP contribution in [0.2, 0.25) is 0 Å². The van der Waals surface area contributed by atoms with Gasteiger partial charge in [-0.25, -0.2) is 8.42 Å². The van der Waals surface area contributed by atoms with Crippen LogP contribution in [0.5, 0.6) is 5.75 Å². The second kappa shape index (κ2) is 9.60. The number of carbonyl (C=O) groups is 1. The minimum absolute atomic E-state index is 0.0276. The van der Waals surface area contributed by atoms with Crippen LogP contribution in [0.15, 0.2) is 76.2 Å². The smallest absolute Gasteiger partial charge is 0.247 e. The van der Waals surface area contributed by atoms with Gasteiger partial charge in [-0.3, -0.25) is 4.79 Å². The number of carbonyl (C=O) groups excluding carboxylic acids is 1. The Morgan fingerprint density at radius 3 is 2.53 bits per heavy atom. The van der Waals surface area contributed by atoms with Crippen molar-refractivity contribution in [2.24, 2.45) is 0 Å². The number of amides is 1. The zero-order valence-corrected chi connectivity index (χ0v) is 17.7. The molecular formula is C22H24N2O5S. The van der Waals surface area contributed by atoms with E-state index in [9.17, 15) is 13.2 Å². The van der Waals surface area contributed by atoms with Gasteiger partial charge in [-0.15, -0.1) is 0 Å². The molecule has 158 valence electrons. The fourth-order valence-electron chi connectivity index (χ4n) is 2.95. The maximum absolute atomic E-state index is 13.5. The number of hydrogen-bond donors (Lipinski definition) is 1. The lowest BCUT2D eigenvalue weighted by Gasteiger charge is -2.23. The highest BCUT2D eigenvalue weighted by Crippen LogP contribution is 2.28. The second-order valence-electron chi connectivity index (χ2n) is 6.77. The number of methoxy groups -OCH3 is 1. The number of rotatable bonds is 9. The molecule has 8 heteroatoms. The van der Waals surface area contributed by atoms with Crippen LogP contribution in [0.25, 0.3) is 0 Å². The van der Waals surface area contributed by atoms with Gasteiger partial charge >= 0.3 is 0 Å². The van der Waals surface area contributed by atoms with Crippen molar-refractivity contribution in [2.45, 2.75) is 24.9 Å². The Balaban J connectivity index is 1.88. The number of benzene rings is 2. The Morgan fingerprint density at radius 2 is 1.87 bits per heavy atom. The molecule has 0 spiro atoms. The van der Waals surface area contributed by atoms with E-state index in [0.29, 0.717) is 5.76 Å². The van der Waals surface area contributed by atoms with Crippen LogP contribution in [0.1, 0.15) is 16.9 Å². The first-order valence-electron chi connectivity index (χ1n) is 9.38. The van der Waals surface area contributed by atoms with Crippen LogP contribution in [-0.2, 0) is 27.9 Å². The molecule has 0 bridgehead atoms. The van der Waals surface area contributed by atoms with Crippen molar-refractivity contribution < 1.29 is 22.4 Å². The van der Waals surface area contributed by atoms with Crippen molar-refractivity contribution in [1.82, 2.24) is 9.62 Å². The maximum Gasteiger partial charge on any atom is 0.247 e. The fraction of sp³-hybridized carbons (Fsp3) is 0.227. The largest absolute Gasteiger partial charge is 0.495 e. The van der Waals surface area contributed by atoms with Gasteiger partial charge < -0.3 is 14.5 Å². The summed E-state index contributed by atoms with van der Waals surface area (Å²) in [6.45, 7) is 1.69. The molecule has 0 saturated heterocycles. The van der Waals surface area contributed by atoms with Gasteiger partial charge in [-0.2, -0.15) is 4.31 Å². The van der Waals surface area contributed by atoms with Gasteiger partial charge in [0.2, 0.25) is 15.9 Å². The Kier molecular flexibility index (Phi) is 6.91. The monoisotopic (exact) mass is 428 g/mol. The first-order chi connectivity index (χ1) is 14.4. The minimum atomic E-state index is -4.01. The van der Waals surface area contributed by atoms with Crippen molar-refractivity contribution in [3.8, 4) is 5.75 Å². The summed E-state index contributed by atoms with van der Waals surface area (Å²) in [4.78, 5) is 12.6. The molecule has 7 nitrogen and oxygen atoms in total. The lowest BCUT2D eigenvalue weighted by molar-refractivity contribution is -0.121. The van der Waals surface area contributed by atoms with E-state index in [0.717, 1.165) is 15.4 Å². The highest BCUT2D eigenvalue weighted by molar-refractivity contribution is 7.89. The standard InChI is InChI=1S/C22H24N2O5S/c1-17-10-11-20(28-2)21(13-17)30(26,27)24(15-18-7-4-3-5-8-18)16-22(25)23-14-19-9-6-12-29-19/h3-13H,14-16H2,1-2H3,(H,23,25). The average Bonchev–Trinajstić information content (AvgIpc) is 3.26. The molecule has 1 aromatic heterocycles. The van der Waals surface area contributed by atoms with Crippen LogP contribution in [-0.4, -0.2) is 32.3 Å². The quantitative estimate of drug-likeness (QED) is 0.566. The zero-order valence-electron chi connectivity index (χ0n) is 16.9. The number of hydrogen-bond acceptors (Lipinski definition) is 5. The van der Waals surface area contributed by atoms with E-state index in [4.69, 9.17) is 9.15 Å². The molecule has 2 aromatic carbocycles. The lowest BCUT2D eigenvalue weighted by Crippen LogP contribution is -2.40. The van der Waals surface area contributed by atoms with Gasteiger partial charge in [0.05, 0.1) is 26.5 Å². The topological polar surface area (TPSA) is 88.9 Å². The molecule has 0 aliphatic heterocycles. The number of aryl methyl sites for hydroxylation is 1. The Hall–Kier alpha value is -3.10. The molecule has 30 heavy (non-hydrogen) atoms. The van der Waals surface area contributed by atoms with Crippen LogP contribution in [0.4, 0.5) is 0 Å². The van der Waals surface area contributed by atoms with Crippen LogP contribution < -0.4 is 10.1 Å². The first kappa shape index (κ1) is 21.6. The molecule has 3 rings (SSSR count). The van der Waals surface area contributed by atoms with Crippen molar-refractivity contribution >= 4 is 15.9 Å². The van der Waals surface area contributed by atoms with Crippen molar-refractivity contribution in [3.05, 3.63) is 83.8 Å². The molecule has 0 fully saturated rings. The molecule has 0 radical (unpaired) electrons. The Bertz CT molecular complexity index is 1080. The van der Waals surface area contributed by atoms with E-state index < -0.39 is 15.9 Å². The highest BCUT2D eigenvalue weighted by Gasteiger charge is 2.30. The number of ether oxygens (including phenoxy) is 1. The highest BCUT2D eigenvalue weighted by atomic mass is 32.2. The van der Waals surface area contributed by atoms with Crippen molar-refractivity contribution in [3.63, 3.8) is 0 Å². The summed E-state index contributed by atoms with van der Waals surface area (Å²) in [5, 5.41) is 2.69. The molecule has 0 aliphatic rings. The summed E-state index contributed by atoms with van der Waals surface area (Å²) in [6, 6.07) is 17.5. The fourth-order valence-corrected chi connectivity index (χ4v) is 4.58. The molecule has 0 unspecified atom stereocenters. The van der Waals surface area contributed by atoms with Crippen LogP contribution in [0.3, 0.4) is 0 Å². The SMILES string of the molecule is COc1ccc(C)cc1S(=O)(=O)N(CC(=O)NCc1ccco1)Cc1ccccc1. The van der Waals surface area contributed by atoms with Gasteiger partial charge in [0.25, 0.3) is 0 Å². The molecule has 0 saturated carbocycles. The maximum atomic E-state index is 13.5. The van der Waals surface area contributed by atoms with Crippen molar-refractivity contribution in [2.75, 3.05) is 13.7 Å². The zero-order chi connectivity index (χ0) is 21.6. The minimum Gasteiger partial charge on any atom is -0.495 e. The summed E-state index contributed by atoms with van der Waals surface area (Å²) in [5.41, 5.74) is 1.54. The average molecular weight is 429 g/mol. The number of nitrogens with zero attached hydrogens (tertiary/aromatic N) is 1. The molecule has 1 N–H and O–H groups in total. The summed E-state index contributed by atoms with van der Waals surface area (Å²) in [5.74, 6) is 0.383. The summed E-state index contributed by atoms with van der Waals surface area (Å²) >= 11 is 0. The summed E-state index contributed by atoms with van der Waals surface area (Å²) in [7, 11) is -2.59. The molecule has 3 aromatic rings. The number of furan rings is 1. The van der Waals surface area contributed by atoms with Crippen LogP contribution in [0, 0.1) is 6.92 Å². The van der Waals surface area contributed by atoms with E-state index in [1.807, 2.05) is 30.3 Å². The lowest BCUT2D eigenvalue weighted by atomic mass is 10.2. The third-order valence-corrected chi connectivity index (χ3v) is 6.31. The van der Waals surface area contributed by atoms with Gasteiger partial charge in [-0.1, -0.05) is 36.4 Å². The second-order valence-corrected chi connectivity index (χ2v) is 8.68.